The van der Waals surface area contributed by atoms with Gasteiger partial charge in [-0.3, -0.25) is 4.79 Å². The van der Waals surface area contributed by atoms with Gasteiger partial charge in [0.15, 0.2) is 0 Å². The summed E-state index contributed by atoms with van der Waals surface area (Å²) in [4.78, 5) is 9.99. The van der Waals surface area contributed by atoms with E-state index in [-0.39, 0.29) is 0 Å². The first-order valence-corrected chi connectivity index (χ1v) is 5.11. The summed E-state index contributed by atoms with van der Waals surface area (Å²) in [5, 5.41) is 0. The molecular weight excluding hydrogens is 164 g/mol. The second-order valence-corrected chi connectivity index (χ2v) is 3.73. The molecule has 0 spiro atoms. The van der Waals surface area contributed by atoms with Crippen molar-refractivity contribution in [1.29, 1.82) is 0 Å². The third-order valence-electron chi connectivity index (χ3n) is 2.88. The molecule has 0 aliphatic heterocycles. The Morgan fingerprint density at radius 3 is 2.69 bits per heavy atom. The molecule has 0 amide bonds. The second kappa shape index (κ2) is 5.05. The fourth-order valence-corrected chi connectivity index (χ4v) is 1.84. The maximum Gasteiger partial charge on any atom is 0.298 e. The van der Waals surface area contributed by atoms with Crippen LogP contribution in [0.3, 0.4) is 0 Å². The number of hydrogen-bond donors (Lipinski definition) is 0. The van der Waals surface area contributed by atoms with Crippen molar-refractivity contribution in [1.82, 2.24) is 0 Å². The number of ether oxygens (including phenoxy) is 1. The lowest BCUT2D eigenvalue weighted by Crippen LogP contribution is -2.15. The molecule has 0 saturated heterocycles. The number of carbonyl (C=O) groups excluding carboxylic acids is 1. The first-order valence-electron chi connectivity index (χ1n) is 5.11. The van der Waals surface area contributed by atoms with Crippen LogP contribution in [0.4, 0.5) is 0 Å². The fraction of sp³-hybridized carbons (Fsp3) is 0.727. The highest BCUT2D eigenvalue weighted by molar-refractivity contribution is 5.41. The molecule has 1 unspecified atom stereocenters. The van der Waals surface area contributed by atoms with E-state index in [9.17, 15) is 4.79 Å². The van der Waals surface area contributed by atoms with Crippen LogP contribution in [-0.4, -0.2) is 6.47 Å². The molecular formula is C11H18O2. The maximum absolute atomic E-state index is 9.99. The van der Waals surface area contributed by atoms with Crippen LogP contribution in [0.2, 0.25) is 0 Å². The SMILES string of the molecule is CCC(CC)CC1C=C(OC=O)C1. The number of hydrogen-bond acceptors (Lipinski definition) is 2. The van der Waals surface area contributed by atoms with Crippen LogP contribution >= 0.6 is 0 Å². The third-order valence-corrected chi connectivity index (χ3v) is 2.88. The molecule has 1 atom stereocenters. The third kappa shape index (κ3) is 2.87. The van der Waals surface area contributed by atoms with Gasteiger partial charge in [0, 0.05) is 6.42 Å². The van der Waals surface area contributed by atoms with E-state index in [1.54, 1.807) is 0 Å². The summed E-state index contributed by atoms with van der Waals surface area (Å²) in [6.07, 6.45) is 6.79. The van der Waals surface area contributed by atoms with E-state index in [0.717, 1.165) is 18.1 Å². The van der Waals surface area contributed by atoms with Crippen molar-refractivity contribution in [2.75, 3.05) is 0 Å². The van der Waals surface area contributed by atoms with Crippen molar-refractivity contribution < 1.29 is 9.53 Å². The van der Waals surface area contributed by atoms with Gasteiger partial charge in [-0.25, -0.2) is 0 Å². The van der Waals surface area contributed by atoms with Gasteiger partial charge >= 0.3 is 0 Å². The van der Waals surface area contributed by atoms with Crippen molar-refractivity contribution in [3.63, 3.8) is 0 Å². The average molecular weight is 182 g/mol. The van der Waals surface area contributed by atoms with Gasteiger partial charge < -0.3 is 4.74 Å². The Morgan fingerprint density at radius 1 is 1.62 bits per heavy atom. The van der Waals surface area contributed by atoms with Crippen molar-refractivity contribution >= 4 is 6.47 Å². The molecule has 0 aromatic rings. The topological polar surface area (TPSA) is 26.3 Å². The standard InChI is InChI=1S/C11H18O2/c1-3-9(4-2)5-10-6-11(7-10)13-8-12/h6,8-10H,3-5,7H2,1-2H3. The monoisotopic (exact) mass is 182 g/mol. The summed E-state index contributed by atoms with van der Waals surface area (Å²) >= 11 is 0. The minimum Gasteiger partial charge on any atom is -0.434 e. The van der Waals surface area contributed by atoms with E-state index in [4.69, 9.17) is 4.74 Å². The molecule has 0 radical (unpaired) electrons. The largest absolute Gasteiger partial charge is 0.434 e. The summed E-state index contributed by atoms with van der Waals surface area (Å²) in [5.74, 6) is 2.34. The van der Waals surface area contributed by atoms with E-state index in [0.29, 0.717) is 12.4 Å². The Hall–Kier alpha value is -0.790. The first kappa shape index (κ1) is 10.3. The van der Waals surface area contributed by atoms with Crippen LogP contribution in [-0.2, 0) is 9.53 Å². The smallest absolute Gasteiger partial charge is 0.298 e. The minimum atomic E-state index is 0.513. The molecule has 74 valence electrons. The Balaban J connectivity index is 2.23. The van der Waals surface area contributed by atoms with Crippen LogP contribution < -0.4 is 0 Å². The Kier molecular flexibility index (Phi) is 4.00. The highest BCUT2D eigenvalue weighted by Crippen LogP contribution is 2.33. The molecule has 1 aliphatic rings. The molecule has 1 aliphatic carbocycles. The lowest BCUT2D eigenvalue weighted by molar-refractivity contribution is -0.125. The average Bonchev–Trinajstić information content (AvgIpc) is 2.09. The van der Waals surface area contributed by atoms with Crippen molar-refractivity contribution in [2.45, 2.75) is 39.5 Å². The first-order chi connectivity index (χ1) is 6.30. The second-order valence-electron chi connectivity index (χ2n) is 3.73. The molecule has 0 heterocycles. The van der Waals surface area contributed by atoms with E-state index in [1.165, 1.54) is 19.3 Å². The van der Waals surface area contributed by atoms with E-state index in [2.05, 4.69) is 19.9 Å². The summed E-state index contributed by atoms with van der Waals surface area (Å²) in [6.45, 7) is 4.98. The predicted molar refractivity (Wildman–Crippen MR) is 52.0 cm³/mol. The van der Waals surface area contributed by atoms with Crippen LogP contribution in [0.15, 0.2) is 11.8 Å². The van der Waals surface area contributed by atoms with Gasteiger partial charge in [-0.05, 0) is 24.3 Å². The molecule has 0 aromatic carbocycles. The van der Waals surface area contributed by atoms with Gasteiger partial charge in [-0.1, -0.05) is 26.7 Å². The number of carbonyl (C=O) groups is 1. The normalized spacial score (nSPS) is 20.8. The van der Waals surface area contributed by atoms with Crippen LogP contribution in [0, 0.1) is 11.8 Å². The van der Waals surface area contributed by atoms with Gasteiger partial charge in [-0.15, -0.1) is 0 Å². The van der Waals surface area contributed by atoms with Crippen molar-refractivity contribution in [3.05, 3.63) is 11.8 Å². The van der Waals surface area contributed by atoms with Gasteiger partial charge in [0.05, 0.1) is 0 Å². The Labute approximate surface area is 80.0 Å². The highest BCUT2D eigenvalue weighted by Gasteiger charge is 2.22. The molecule has 2 heteroatoms. The van der Waals surface area contributed by atoms with Crippen LogP contribution in [0.1, 0.15) is 39.5 Å². The zero-order valence-electron chi connectivity index (χ0n) is 8.45. The molecule has 0 N–H and O–H groups in total. The summed E-state index contributed by atoms with van der Waals surface area (Å²) in [5.41, 5.74) is 0. The Morgan fingerprint density at radius 2 is 2.23 bits per heavy atom. The molecule has 0 bridgehead atoms. The van der Waals surface area contributed by atoms with E-state index >= 15 is 0 Å². The Bertz CT molecular complexity index is 192. The maximum atomic E-state index is 9.99. The molecule has 2 nitrogen and oxygen atoms in total. The van der Waals surface area contributed by atoms with E-state index < -0.39 is 0 Å². The molecule has 0 fully saturated rings. The van der Waals surface area contributed by atoms with Gasteiger partial charge in [0.2, 0.25) is 0 Å². The summed E-state index contributed by atoms with van der Waals surface area (Å²) < 4.78 is 4.74. The quantitative estimate of drug-likeness (QED) is 0.590. The number of rotatable bonds is 6. The van der Waals surface area contributed by atoms with Gasteiger partial charge in [0.25, 0.3) is 6.47 Å². The zero-order chi connectivity index (χ0) is 9.68. The predicted octanol–water partition coefficient (Wildman–Crippen LogP) is 2.89. The van der Waals surface area contributed by atoms with E-state index in [1.807, 2.05) is 0 Å². The minimum absolute atomic E-state index is 0.513. The van der Waals surface area contributed by atoms with Gasteiger partial charge in [-0.2, -0.15) is 0 Å². The highest BCUT2D eigenvalue weighted by atomic mass is 16.5. The molecule has 13 heavy (non-hydrogen) atoms. The van der Waals surface area contributed by atoms with Crippen molar-refractivity contribution in [3.8, 4) is 0 Å². The van der Waals surface area contributed by atoms with Crippen LogP contribution in [0.5, 0.6) is 0 Å². The van der Waals surface area contributed by atoms with Gasteiger partial charge in [0.1, 0.15) is 5.76 Å². The lowest BCUT2D eigenvalue weighted by Gasteiger charge is -2.26. The number of allylic oxidation sites excluding steroid dienone is 2. The molecule has 0 aromatic heterocycles. The lowest BCUT2D eigenvalue weighted by atomic mass is 9.82. The zero-order valence-corrected chi connectivity index (χ0v) is 8.45. The fourth-order valence-electron chi connectivity index (χ4n) is 1.84. The summed E-state index contributed by atoms with van der Waals surface area (Å²) in [6, 6.07) is 0. The van der Waals surface area contributed by atoms with Crippen LogP contribution in [0.25, 0.3) is 0 Å². The summed E-state index contributed by atoms with van der Waals surface area (Å²) in [7, 11) is 0. The molecule has 1 rings (SSSR count). The van der Waals surface area contributed by atoms with Crippen molar-refractivity contribution in [2.24, 2.45) is 11.8 Å². The molecule has 0 saturated carbocycles.